The van der Waals surface area contributed by atoms with Crippen LogP contribution < -0.4 is 10.2 Å². The van der Waals surface area contributed by atoms with Gasteiger partial charge in [-0.05, 0) is 36.4 Å². The lowest BCUT2D eigenvalue weighted by atomic mass is 10.2. The molecule has 0 unspecified atom stereocenters. The fraction of sp³-hybridized carbons (Fsp3) is 0.250. The second kappa shape index (κ2) is 8.08. The Morgan fingerprint density at radius 1 is 1.07 bits per heavy atom. The number of rotatable bonds is 5. The number of carbonyl (C=O) groups excluding carboxylic acids is 1. The van der Waals surface area contributed by atoms with Gasteiger partial charge in [-0.2, -0.15) is 0 Å². The predicted octanol–water partition coefficient (Wildman–Crippen LogP) is 2.78. The summed E-state index contributed by atoms with van der Waals surface area (Å²) in [6.07, 6.45) is 4.67. The van der Waals surface area contributed by atoms with E-state index in [2.05, 4.69) is 20.2 Å². The zero-order valence-corrected chi connectivity index (χ0v) is 15.2. The molecule has 144 valence electrons. The van der Waals surface area contributed by atoms with Crippen LogP contribution in [0.15, 0.2) is 59.5 Å². The third kappa shape index (κ3) is 4.11. The molecule has 3 aromatic rings. The summed E-state index contributed by atoms with van der Waals surface area (Å²) in [7, 11) is 0. The third-order valence-electron chi connectivity index (χ3n) is 4.66. The van der Waals surface area contributed by atoms with Gasteiger partial charge in [0.2, 0.25) is 5.95 Å². The number of furan rings is 1. The number of nitrogens with one attached hydrogen (secondary N) is 1. The number of aromatic nitrogens is 2. The van der Waals surface area contributed by atoms with E-state index in [1.165, 1.54) is 24.5 Å². The van der Waals surface area contributed by atoms with Gasteiger partial charge in [-0.3, -0.25) is 4.79 Å². The molecule has 0 atom stereocenters. The maximum absolute atomic E-state index is 13.1. The maximum Gasteiger partial charge on any atom is 0.257 e. The highest BCUT2D eigenvalue weighted by Crippen LogP contribution is 2.18. The van der Waals surface area contributed by atoms with Crippen LogP contribution in [0.2, 0.25) is 0 Å². The second-order valence-electron chi connectivity index (χ2n) is 6.48. The number of hydrogen-bond donors (Lipinski definition) is 1. The number of nitrogens with zero attached hydrogens (tertiary/aromatic N) is 4. The molecule has 8 heteroatoms. The van der Waals surface area contributed by atoms with Gasteiger partial charge in [0.05, 0.1) is 18.4 Å². The normalized spacial score (nSPS) is 14.2. The van der Waals surface area contributed by atoms with Gasteiger partial charge in [-0.25, -0.2) is 14.4 Å². The van der Waals surface area contributed by atoms with E-state index in [4.69, 9.17) is 4.42 Å². The van der Waals surface area contributed by atoms with Crippen LogP contribution in [-0.2, 0) is 6.54 Å². The summed E-state index contributed by atoms with van der Waals surface area (Å²) in [5.41, 5.74) is 1.42. The smallest absolute Gasteiger partial charge is 0.257 e. The number of piperazine rings is 1. The molecule has 0 aliphatic carbocycles. The Balaban J connectivity index is 1.31. The molecule has 1 aromatic carbocycles. The summed E-state index contributed by atoms with van der Waals surface area (Å²) < 4.78 is 18.3. The average Bonchev–Trinajstić information content (AvgIpc) is 3.27. The standard InChI is InChI=1S/C20H20FN5O2/c21-16-3-5-17(6-4-16)25-7-9-26(10-8-25)19(27)15-12-22-20(23-13-15)24-14-18-2-1-11-28-18/h1-6,11-13H,7-10,14H2,(H,22,23,24). The Morgan fingerprint density at radius 3 is 2.43 bits per heavy atom. The molecule has 0 spiro atoms. The lowest BCUT2D eigenvalue weighted by Crippen LogP contribution is -2.48. The maximum atomic E-state index is 13.1. The van der Waals surface area contributed by atoms with E-state index in [1.807, 2.05) is 12.1 Å². The molecule has 0 bridgehead atoms. The van der Waals surface area contributed by atoms with Crippen molar-refractivity contribution in [3.63, 3.8) is 0 Å². The number of carbonyl (C=O) groups is 1. The van der Waals surface area contributed by atoms with Gasteiger partial charge in [0.1, 0.15) is 11.6 Å². The monoisotopic (exact) mass is 381 g/mol. The quantitative estimate of drug-likeness (QED) is 0.733. The molecule has 1 amide bonds. The van der Waals surface area contributed by atoms with Crippen molar-refractivity contribution in [2.75, 3.05) is 36.4 Å². The number of halogens is 1. The molecule has 1 fully saturated rings. The van der Waals surface area contributed by atoms with Crippen molar-refractivity contribution in [2.24, 2.45) is 0 Å². The van der Waals surface area contributed by atoms with Gasteiger partial charge >= 0.3 is 0 Å². The SMILES string of the molecule is O=C(c1cnc(NCc2ccco2)nc1)N1CCN(c2ccc(F)cc2)CC1. The van der Waals surface area contributed by atoms with Gasteiger partial charge in [0, 0.05) is 44.3 Å². The van der Waals surface area contributed by atoms with E-state index < -0.39 is 0 Å². The Labute approximate surface area is 161 Å². The Hall–Kier alpha value is -3.42. The Kier molecular flexibility index (Phi) is 5.18. The first-order valence-electron chi connectivity index (χ1n) is 9.07. The molecule has 1 aliphatic rings. The van der Waals surface area contributed by atoms with Gasteiger partial charge in [-0.1, -0.05) is 0 Å². The minimum atomic E-state index is -0.250. The zero-order chi connectivity index (χ0) is 19.3. The molecule has 0 radical (unpaired) electrons. The number of anilines is 2. The molecule has 2 aromatic heterocycles. The molecule has 28 heavy (non-hydrogen) atoms. The first-order valence-corrected chi connectivity index (χ1v) is 9.07. The first-order chi connectivity index (χ1) is 13.7. The summed E-state index contributed by atoms with van der Waals surface area (Å²) in [6, 6.07) is 10.1. The van der Waals surface area contributed by atoms with Gasteiger partial charge in [-0.15, -0.1) is 0 Å². The largest absolute Gasteiger partial charge is 0.467 e. The van der Waals surface area contributed by atoms with Gasteiger partial charge < -0.3 is 19.5 Å². The Bertz CT molecular complexity index is 905. The van der Waals surface area contributed by atoms with Crippen LogP contribution in [0.1, 0.15) is 16.1 Å². The number of amides is 1. The predicted molar refractivity (Wildman–Crippen MR) is 103 cm³/mol. The van der Waals surface area contributed by atoms with Crippen molar-refractivity contribution in [1.82, 2.24) is 14.9 Å². The summed E-state index contributed by atoms with van der Waals surface area (Å²) >= 11 is 0. The highest BCUT2D eigenvalue weighted by molar-refractivity contribution is 5.93. The minimum Gasteiger partial charge on any atom is -0.467 e. The van der Waals surface area contributed by atoms with E-state index in [-0.39, 0.29) is 11.7 Å². The van der Waals surface area contributed by atoms with E-state index in [1.54, 1.807) is 23.3 Å². The van der Waals surface area contributed by atoms with E-state index >= 15 is 0 Å². The van der Waals surface area contributed by atoms with E-state index in [0.29, 0.717) is 44.2 Å². The molecular formula is C20H20FN5O2. The van der Waals surface area contributed by atoms with Crippen LogP contribution in [0.25, 0.3) is 0 Å². The molecule has 1 aliphatic heterocycles. The van der Waals surface area contributed by atoms with E-state index in [9.17, 15) is 9.18 Å². The van der Waals surface area contributed by atoms with Crippen molar-refractivity contribution in [3.8, 4) is 0 Å². The fourth-order valence-corrected chi connectivity index (χ4v) is 3.11. The van der Waals surface area contributed by atoms with Crippen molar-refractivity contribution >= 4 is 17.5 Å². The first kappa shape index (κ1) is 18.0. The number of benzene rings is 1. The summed E-state index contributed by atoms with van der Waals surface area (Å²) in [5, 5.41) is 3.05. The highest BCUT2D eigenvalue weighted by atomic mass is 19.1. The molecule has 0 saturated carbocycles. The third-order valence-corrected chi connectivity index (χ3v) is 4.66. The average molecular weight is 381 g/mol. The minimum absolute atomic E-state index is 0.0867. The van der Waals surface area contributed by atoms with Crippen molar-refractivity contribution in [3.05, 3.63) is 72.2 Å². The van der Waals surface area contributed by atoms with Gasteiger partial charge in [0.25, 0.3) is 5.91 Å². The van der Waals surface area contributed by atoms with Crippen molar-refractivity contribution in [2.45, 2.75) is 6.54 Å². The highest BCUT2D eigenvalue weighted by Gasteiger charge is 2.22. The molecule has 1 saturated heterocycles. The van der Waals surface area contributed by atoms with Crippen molar-refractivity contribution < 1.29 is 13.6 Å². The molecule has 7 nitrogen and oxygen atoms in total. The summed E-state index contributed by atoms with van der Waals surface area (Å²) in [4.78, 5) is 25.0. The Morgan fingerprint density at radius 2 is 1.79 bits per heavy atom. The fourth-order valence-electron chi connectivity index (χ4n) is 3.11. The van der Waals surface area contributed by atoms with Crippen LogP contribution in [0.5, 0.6) is 0 Å². The molecule has 4 rings (SSSR count). The lowest BCUT2D eigenvalue weighted by molar-refractivity contribution is 0.0746. The topological polar surface area (TPSA) is 74.5 Å². The van der Waals surface area contributed by atoms with Gasteiger partial charge in [0.15, 0.2) is 0 Å². The van der Waals surface area contributed by atoms with Crippen LogP contribution in [0.4, 0.5) is 16.0 Å². The van der Waals surface area contributed by atoms with Crippen LogP contribution in [-0.4, -0.2) is 47.0 Å². The molecule has 1 N–H and O–H groups in total. The van der Waals surface area contributed by atoms with E-state index in [0.717, 1.165) is 11.4 Å². The van der Waals surface area contributed by atoms with Crippen LogP contribution >= 0.6 is 0 Å². The van der Waals surface area contributed by atoms with Crippen molar-refractivity contribution in [1.29, 1.82) is 0 Å². The lowest BCUT2D eigenvalue weighted by Gasteiger charge is -2.36. The second-order valence-corrected chi connectivity index (χ2v) is 6.48. The zero-order valence-electron chi connectivity index (χ0n) is 15.2. The molecular weight excluding hydrogens is 361 g/mol. The summed E-state index contributed by atoms with van der Waals surface area (Å²) in [6.45, 7) is 3.05. The molecule has 3 heterocycles. The summed E-state index contributed by atoms with van der Waals surface area (Å²) in [5.74, 6) is 0.882. The number of hydrogen-bond acceptors (Lipinski definition) is 6. The van der Waals surface area contributed by atoms with Crippen LogP contribution in [0.3, 0.4) is 0 Å². The van der Waals surface area contributed by atoms with Crippen LogP contribution in [0, 0.1) is 5.82 Å².